The molecule has 0 unspecified atom stereocenters. The molecule has 0 atom stereocenters. The maximum absolute atomic E-state index is 12.7. The van der Waals surface area contributed by atoms with Crippen LogP contribution < -0.4 is 28.3 Å². The van der Waals surface area contributed by atoms with Crippen LogP contribution in [0.3, 0.4) is 0 Å². The number of amides is 4. The molecule has 0 radical (unpaired) electrons. The number of hydrogen-bond acceptors (Lipinski definition) is 9. The molecule has 0 fully saturated rings. The van der Waals surface area contributed by atoms with Crippen LogP contribution in [0.1, 0.15) is 33.4 Å². The third kappa shape index (κ3) is 13.4. The number of tetrazole rings is 2. The molecule has 0 aliphatic rings. The Balaban J connectivity index is 0.000000232. The molecule has 21 heteroatoms. The molecule has 2 aromatic heterocycles. The Labute approximate surface area is 321 Å². The fourth-order valence-corrected chi connectivity index (χ4v) is 5.13. The Morgan fingerprint density at radius 2 is 0.982 bits per heavy atom. The number of nitrogens with one attached hydrogen (secondary N) is 1. The maximum atomic E-state index is 12.7. The van der Waals surface area contributed by atoms with Gasteiger partial charge in [-0.2, -0.15) is 35.9 Å². The van der Waals surface area contributed by atoms with Gasteiger partial charge in [-0.1, -0.05) is 72.8 Å². The summed E-state index contributed by atoms with van der Waals surface area (Å²) < 4.78 is 76.1. The number of benzene rings is 4. The highest BCUT2D eigenvalue weighted by Crippen LogP contribution is 2.31. The van der Waals surface area contributed by atoms with E-state index >= 15 is 0 Å². The Bertz CT molecular complexity index is 2200. The van der Waals surface area contributed by atoms with Crippen LogP contribution in [0.5, 0.6) is 0 Å². The minimum atomic E-state index is -4.36. The van der Waals surface area contributed by atoms with Gasteiger partial charge in [0.2, 0.25) is 11.6 Å². The van der Waals surface area contributed by atoms with Crippen molar-refractivity contribution in [3.8, 4) is 22.8 Å². The average Bonchev–Trinajstić information content (AvgIpc) is 3.82. The van der Waals surface area contributed by atoms with Crippen molar-refractivity contribution < 1.29 is 35.9 Å². The van der Waals surface area contributed by atoms with E-state index in [2.05, 4.69) is 47.6 Å². The third-order valence-corrected chi connectivity index (χ3v) is 7.71. The summed E-state index contributed by atoms with van der Waals surface area (Å²) in [5.74, 6) is 0.859. The Morgan fingerprint density at radius 3 is 1.35 bits per heavy atom. The lowest BCUT2D eigenvalue weighted by Crippen LogP contribution is -2.32. The number of carbonyl (C=O) groups is 2. The van der Waals surface area contributed by atoms with Crippen molar-refractivity contribution in [3.63, 3.8) is 0 Å². The quantitative estimate of drug-likeness (QED) is 0.115. The maximum Gasteiger partial charge on any atom is 0.416 e. The van der Waals surface area contributed by atoms with E-state index in [9.17, 15) is 31.1 Å². The van der Waals surface area contributed by atoms with Gasteiger partial charge in [0.05, 0.1) is 24.2 Å². The normalized spacial score (nSPS) is 11.1. The van der Waals surface area contributed by atoms with Crippen molar-refractivity contribution in [1.29, 1.82) is 0 Å². The fourth-order valence-electron chi connectivity index (χ4n) is 5.13. The van der Waals surface area contributed by atoms with E-state index in [0.717, 1.165) is 57.6 Å². The van der Waals surface area contributed by atoms with Crippen molar-refractivity contribution in [2.75, 3.05) is 13.1 Å². The zero-order chi connectivity index (χ0) is 41.6. The summed E-state index contributed by atoms with van der Waals surface area (Å²) in [4.78, 5) is 22.4. The van der Waals surface area contributed by atoms with Gasteiger partial charge in [-0.3, -0.25) is 0 Å². The van der Waals surface area contributed by atoms with Crippen molar-refractivity contribution in [3.05, 3.63) is 130 Å². The summed E-state index contributed by atoms with van der Waals surface area (Å²) in [5, 5.41) is 26.9. The predicted molar refractivity (Wildman–Crippen MR) is 195 cm³/mol. The summed E-state index contributed by atoms with van der Waals surface area (Å²) in [7, 11) is 0. The molecule has 4 amide bonds. The van der Waals surface area contributed by atoms with Gasteiger partial charge in [0.15, 0.2) is 0 Å². The largest absolute Gasteiger partial charge is 0.416 e. The number of rotatable bonds is 11. The summed E-state index contributed by atoms with van der Waals surface area (Å²) >= 11 is 0. The second kappa shape index (κ2) is 19.6. The number of nitrogens with two attached hydrogens (primary N) is 4. The topological polar surface area (TPSA) is 237 Å². The molecule has 57 heavy (non-hydrogen) atoms. The SMILES string of the molecule is NC(=O)NCCn1nnc(-c2ccccc2Cc2ccc(C(F)(F)F)cc2)n1.NC(N)=O.NCCn1nnc(-c2ccccc2Cc2ccc(C(F)(F)F)cc2)n1. The van der Waals surface area contributed by atoms with Crippen molar-refractivity contribution in [2.24, 2.45) is 22.9 Å². The van der Waals surface area contributed by atoms with Gasteiger partial charge in [-0.15, -0.1) is 20.4 Å². The van der Waals surface area contributed by atoms with E-state index < -0.39 is 35.5 Å². The molecule has 0 aliphatic heterocycles. The zero-order valence-corrected chi connectivity index (χ0v) is 30.0. The molecule has 6 rings (SSSR count). The van der Waals surface area contributed by atoms with Crippen LogP contribution in [0.2, 0.25) is 0 Å². The van der Waals surface area contributed by atoms with E-state index in [1.807, 2.05) is 48.5 Å². The zero-order valence-electron chi connectivity index (χ0n) is 30.0. The molecule has 0 saturated heterocycles. The minimum Gasteiger partial charge on any atom is -0.352 e. The van der Waals surface area contributed by atoms with Gasteiger partial charge >= 0.3 is 24.4 Å². The molecule has 300 valence electrons. The van der Waals surface area contributed by atoms with Crippen LogP contribution in [0.25, 0.3) is 22.8 Å². The predicted octanol–water partition coefficient (Wildman–Crippen LogP) is 4.55. The highest BCUT2D eigenvalue weighted by atomic mass is 19.4. The Hall–Kier alpha value is -6.90. The van der Waals surface area contributed by atoms with Crippen LogP contribution in [0.4, 0.5) is 35.9 Å². The van der Waals surface area contributed by atoms with E-state index in [1.165, 1.54) is 33.9 Å². The number of nitrogens with zero attached hydrogens (tertiary/aromatic N) is 8. The highest BCUT2D eigenvalue weighted by molar-refractivity contribution is 5.71. The monoisotopic (exact) mass is 797 g/mol. The molecule has 4 aromatic carbocycles. The van der Waals surface area contributed by atoms with Gasteiger partial charge < -0.3 is 28.3 Å². The molecule has 0 spiro atoms. The summed E-state index contributed by atoms with van der Waals surface area (Å²) in [6.45, 7) is 1.44. The molecule has 0 aliphatic carbocycles. The standard InChI is InChI=1S/C18H17F3N6O.C17H16F3N5.CH4N2O/c19-18(20,21)14-7-5-12(6-8-14)11-13-3-1-2-4-15(13)16-24-26-27(25-16)10-9-23-17(22)28;18-17(19,20)14-7-5-12(6-8-14)11-13-3-1-2-4-15(13)16-22-24-25(23-16)10-9-21;2-1(3)4/h1-8H,9-11H2,(H3,22,23,28);1-8H,9-11,21H2;(H4,2,3,4). The lowest BCUT2D eigenvalue weighted by atomic mass is 9.98. The van der Waals surface area contributed by atoms with Crippen molar-refractivity contribution >= 4 is 12.1 Å². The smallest absolute Gasteiger partial charge is 0.352 e. The van der Waals surface area contributed by atoms with Gasteiger partial charge in [0.25, 0.3) is 0 Å². The average molecular weight is 798 g/mol. The highest BCUT2D eigenvalue weighted by Gasteiger charge is 2.30. The molecule has 15 nitrogen and oxygen atoms in total. The molecule has 6 aromatic rings. The minimum absolute atomic E-state index is 0.262. The first-order valence-electron chi connectivity index (χ1n) is 16.9. The van der Waals surface area contributed by atoms with Gasteiger partial charge in [0.1, 0.15) is 0 Å². The first-order chi connectivity index (χ1) is 27.0. The van der Waals surface area contributed by atoms with E-state index in [1.54, 1.807) is 0 Å². The number of urea groups is 2. The Kier molecular flexibility index (Phi) is 14.7. The molecule has 0 bridgehead atoms. The lowest BCUT2D eigenvalue weighted by Gasteiger charge is -2.09. The summed E-state index contributed by atoms with van der Waals surface area (Å²) in [5.41, 5.74) is 22.4. The third-order valence-electron chi connectivity index (χ3n) is 7.71. The van der Waals surface area contributed by atoms with Crippen LogP contribution in [-0.2, 0) is 38.3 Å². The Morgan fingerprint density at radius 1 is 0.596 bits per heavy atom. The van der Waals surface area contributed by atoms with Crippen molar-refractivity contribution in [1.82, 2.24) is 45.7 Å². The first-order valence-corrected chi connectivity index (χ1v) is 16.9. The van der Waals surface area contributed by atoms with Gasteiger partial charge in [-0.25, -0.2) is 9.59 Å². The number of primary amides is 3. The van der Waals surface area contributed by atoms with Crippen molar-refractivity contribution in [2.45, 2.75) is 38.3 Å². The van der Waals surface area contributed by atoms with Gasteiger partial charge in [0, 0.05) is 24.2 Å². The lowest BCUT2D eigenvalue weighted by molar-refractivity contribution is -0.138. The fraction of sp³-hybridized carbons (Fsp3) is 0.222. The first kappa shape index (κ1) is 42.8. The van der Waals surface area contributed by atoms with E-state index in [4.69, 9.17) is 16.3 Å². The number of carbonyl (C=O) groups excluding carboxylic acids is 2. The van der Waals surface area contributed by atoms with Crippen LogP contribution in [0, 0.1) is 0 Å². The second-order valence-electron chi connectivity index (χ2n) is 12.0. The number of alkyl halides is 6. The summed E-state index contributed by atoms with van der Waals surface area (Å²) in [6.07, 6.45) is -7.80. The number of hydrogen-bond donors (Lipinski definition) is 5. The van der Waals surface area contributed by atoms with E-state index in [0.29, 0.717) is 44.1 Å². The molecular formula is C36H37F6N13O2. The number of halogens is 6. The second-order valence-corrected chi connectivity index (χ2v) is 12.0. The van der Waals surface area contributed by atoms with E-state index in [-0.39, 0.29) is 6.54 Å². The van der Waals surface area contributed by atoms with Crippen LogP contribution >= 0.6 is 0 Å². The van der Waals surface area contributed by atoms with Gasteiger partial charge in [-0.05, 0) is 69.8 Å². The molecule has 9 N–H and O–H groups in total. The molecular weight excluding hydrogens is 760 g/mol. The number of aromatic nitrogens is 8. The molecule has 0 saturated carbocycles. The summed E-state index contributed by atoms with van der Waals surface area (Å²) in [6, 6.07) is 23.6. The van der Waals surface area contributed by atoms with Crippen LogP contribution in [0.15, 0.2) is 97.1 Å². The molecule has 2 heterocycles. The van der Waals surface area contributed by atoms with Crippen LogP contribution in [-0.4, -0.2) is 65.6 Å².